The van der Waals surface area contributed by atoms with Crippen LogP contribution in [0, 0.1) is 5.82 Å². The third kappa shape index (κ3) is 2.00. The Labute approximate surface area is 65.2 Å². The molecule has 0 heterocycles. The molecule has 1 aromatic carbocycles. The number of nitrogens with two attached hydrogens (primary N) is 1. The van der Waals surface area contributed by atoms with Crippen LogP contribution in [-0.2, 0) is 0 Å². The van der Waals surface area contributed by atoms with E-state index in [-0.39, 0.29) is 11.9 Å². The van der Waals surface area contributed by atoms with Crippen molar-refractivity contribution in [2.24, 2.45) is 5.84 Å². The summed E-state index contributed by atoms with van der Waals surface area (Å²) in [7, 11) is 0. The molecular formula is C8H11FN2. The van der Waals surface area contributed by atoms with Crippen molar-refractivity contribution in [1.82, 2.24) is 5.43 Å². The lowest BCUT2D eigenvalue weighted by molar-refractivity contribution is 0.595. The predicted octanol–water partition coefficient (Wildman–Crippen LogP) is 1.35. The molecule has 3 heteroatoms. The summed E-state index contributed by atoms with van der Waals surface area (Å²) in [6.45, 7) is 1.91. The molecule has 0 aliphatic carbocycles. The Morgan fingerprint density at radius 1 is 1.36 bits per heavy atom. The van der Waals surface area contributed by atoms with Crippen molar-refractivity contribution in [3.8, 4) is 0 Å². The lowest BCUT2D eigenvalue weighted by Crippen LogP contribution is -2.25. The molecule has 0 bridgehead atoms. The third-order valence-electron chi connectivity index (χ3n) is 1.62. The highest BCUT2D eigenvalue weighted by Crippen LogP contribution is 2.10. The topological polar surface area (TPSA) is 38.0 Å². The van der Waals surface area contributed by atoms with Crippen LogP contribution in [0.4, 0.5) is 4.39 Å². The van der Waals surface area contributed by atoms with Gasteiger partial charge in [0, 0.05) is 6.04 Å². The van der Waals surface area contributed by atoms with E-state index in [1.807, 2.05) is 6.92 Å². The minimum Gasteiger partial charge on any atom is -0.271 e. The zero-order chi connectivity index (χ0) is 8.27. The highest BCUT2D eigenvalue weighted by atomic mass is 19.1. The fourth-order valence-corrected chi connectivity index (χ4v) is 0.848. The fourth-order valence-electron chi connectivity index (χ4n) is 0.848. The molecular weight excluding hydrogens is 143 g/mol. The van der Waals surface area contributed by atoms with Crippen molar-refractivity contribution >= 4 is 0 Å². The Hall–Kier alpha value is -0.930. The first-order valence-electron chi connectivity index (χ1n) is 3.45. The molecule has 0 amide bonds. The van der Waals surface area contributed by atoms with Crippen LogP contribution in [0.25, 0.3) is 0 Å². The number of benzene rings is 1. The average molecular weight is 154 g/mol. The minimum atomic E-state index is -0.224. The normalized spacial score (nSPS) is 13.0. The number of rotatable bonds is 2. The van der Waals surface area contributed by atoms with Gasteiger partial charge >= 0.3 is 0 Å². The lowest BCUT2D eigenvalue weighted by atomic mass is 10.1. The molecule has 11 heavy (non-hydrogen) atoms. The van der Waals surface area contributed by atoms with Gasteiger partial charge in [0.1, 0.15) is 5.82 Å². The summed E-state index contributed by atoms with van der Waals surface area (Å²) in [6.07, 6.45) is 0. The van der Waals surface area contributed by atoms with Crippen LogP contribution >= 0.6 is 0 Å². The van der Waals surface area contributed by atoms with E-state index >= 15 is 0 Å². The Morgan fingerprint density at radius 3 is 2.36 bits per heavy atom. The lowest BCUT2D eigenvalue weighted by Gasteiger charge is -2.08. The number of hydrogen-bond acceptors (Lipinski definition) is 2. The molecule has 1 unspecified atom stereocenters. The van der Waals surface area contributed by atoms with E-state index in [2.05, 4.69) is 5.43 Å². The van der Waals surface area contributed by atoms with Gasteiger partial charge in [-0.05, 0) is 24.6 Å². The van der Waals surface area contributed by atoms with E-state index in [0.29, 0.717) is 0 Å². The number of halogens is 1. The maximum atomic E-state index is 12.4. The second-order valence-corrected chi connectivity index (χ2v) is 2.44. The number of hydrazine groups is 1. The Balaban J connectivity index is 2.81. The largest absolute Gasteiger partial charge is 0.271 e. The Kier molecular flexibility index (Phi) is 2.57. The fraction of sp³-hybridized carbons (Fsp3) is 0.250. The van der Waals surface area contributed by atoms with E-state index in [9.17, 15) is 4.39 Å². The molecule has 60 valence electrons. The summed E-state index contributed by atoms with van der Waals surface area (Å²) in [5.74, 6) is 4.97. The molecule has 0 saturated heterocycles. The number of hydrogen-bond donors (Lipinski definition) is 2. The summed E-state index contributed by atoms with van der Waals surface area (Å²) in [5.41, 5.74) is 3.56. The monoisotopic (exact) mass is 154 g/mol. The van der Waals surface area contributed by atoms with Gasteiger partial charge < -0.3 is 0 Å². The van der Waals surface area contributed by atoms with Crippen LogP contribution < -0.4 is 11.3 Å². The van der Waals surface area contributed by atoms with Crippen molar-refractivity contribution in [2.75, 3.05) is 0 Å². The zero-order valence-electron chi connectivity index (χ0n) is 6.34. The van der Waals surface area contributed by atoms with Gasteiger partial charge in [-0.15, -0.1) is 0 Å². The van der Waals surface area contributed by atoms with E-state index in [0.717, 1.165) is 5.56 Å². The van der Waals surface area contributed by atoms with Gasteiger partial charge in [-0.3, -0.25) is 11.3 Å². The van der Waals surface area contributed by atoms with Gasteiger partial charge in [-0.1, -0.05) is 12.1 Å². The summed E-state index contributed by atoms with van der Waals surface area (Å²) >= 11 is 0. The van der Waals surface area contributed by atoms with E-state index in [1.165, 1.54) is 12.1 Å². The highest BCUT2D eigenvalue weighted by molar-refractivity contribution is 5.18. The van der Waals surface area contributed by atoms with Crippen LogP contribution in [0.5, 0.6) is 0 Å². The van der Waals surface area contributed by atoms with Crippen LogP contribution in [0.3, 0.4) is 0 Å². The first kappa shape index (κ1) is 8.17. The molecule has 0 spiro atoms. The van der Waals surface area contributed by atoms with E-state index < -0.39 is 0 Å². The van der Waals surface area contributed by atoms with Crippen molar-refractivity contribution in [3.05, 3.63) is 35.6 Å². The van der Waals surface area contributed by atoms with E-state index in [1.54, 1.807) is 12.1 Å². The first-order chi connectivity index (χ1) is 5.24. The number of nitrogens with one attached hydrogen (secondary N) is 1. The van der Waals surface area contributed by atoms with E-state index in [4.69, 9.17) is 5.84 Å². The van der Waals surface area contributed by atoms with Crippen molar-refractivity contribution in [3.63, 3.8) is 0 Å². The minimum absolute atomic E-state index is 0.0654. The quantitative estimate of drug-likeness (QED) is 0.498. The highest BCUT2D eigenvalue weighted by Gasteiger charge is 2.00. The standard InChI is InChI=1S/C8H11FN2/c1-6(11-10)7-2-4-8(9)5-3-7/h2-6,11H,10H2,1H3. The summed E-state index contributed by atoms with van der Waals surface area (Å²) in [5, 5.41) is 0. The van der Waals surface area contributed by atoms with Crippen molar-refractivity contribution in [1.29, 1.82) is 0 Å². The van der Waals surface area contributed by atoms with Gasteiger partial charge in [-0.25, -0.2) is 4.39 Å². The summed E-state index contributed by atoms with van der Waals surface area (Å²) in [6, 6.07) is 6.32. The van der Waals surface area contributed by atoms with Gasteiger partial charge in [-0.2, -0.15) is 0 Å². The first-order valence-corrected chi connectivity index (χ1v) is 3.45. The van der Waals surface area contributed by atoms with Crippen LogP contribution in [-0.4, -0.2) is 0 Å². The maximum absolute atomic E-state index is 12.4. The van der Waals surface area contributed by atoms with Gasteiger partial charge in [0.15, 0.2) is 0 Å². The summed E-state index contributed by atoms with van der Waals surface area (Å²) < 4.78 is 12.4. The smallest absolute Gasteiger partial charge is 0.123 e. The van der Waals surface area contributed by atoms with Crippen molar-refractivity contribution < 1.29 is 4.39 Å². The molecule has 0 aliphatic heterocycles. The average Bonchev–Trinajstić information content (AvgIpc) is 2.05. The van der Waals surface area contributed by atoms with Crippen LogP contribution in [0.2, 0.25) is 0 Å². The molecule has 3 N–H and O–H groups in total. The molecule has 1 atom stereocenters. The molecule has 0 radical (unpaired) electrons. The van der Waals surface area contributed by atoms with Gasteiger partial charge in [0.2, 0.25) is 0 Å². The molecule has 1 rings (SSSR count). The molecule has 0 fully saturated rings. The second-order valence-electron chi connectivity index (χ2n) is 2.44. The SMILES string of the molecule is CC(NN)c1ccc(F)cc1. The Bertz CT molecular complexity index is 220. The predicted molar refractivity (Wildman–Crippen MR) is 42.1 cm³/mol. The van der Waals surface area contributed by atoms with Gasteiger partial charge in [0.05, 0.1) is 0 Å². The maximum Gasteiger partial charge on any atom is 0.123 e. The molecule has 2 nitrogen and oxygen atoms in total. The Morgan fingerprint density at radius 2 is 1.91 bits per heavy atom. The van der Waals surface area contributed by atoms with Gasteiger partial charge in [0.25, 0.3) is 0 Å². The molecule has 1 aromatic rings. The molecule has 0 aliphatic rings. The van der Waals surface area contributed by atoms with Crippen LogP contribution in [0.1, 0.15) is 18.5 Å². The summed E-state index contributed by atoms with van der Waals surface area (Å²) in [4.78, 5) is 0. The molecule has 0 saturated carbocycles. The third-order valence-corrected chi connectivity index (χ3v) is 1.62. The second kappa shape index (κ2) is 3.46. The zero-order valence-corrected chi connectivity index (χ0v) is 6.34. The molecule has 0 aromatic heterocycles. The van der Waals surface area contributed by atoms with Crippen LogP contribution in [0.15, 0.2) is 24.3 Å². The van der Waals surface area contributed by atoms with Crippen molar-refractivity contribution in [2.45, 2.75) is 13.0 Å².